The second-order valence-corrected chi connectivity index (χ2v) is 4.46. The Kier molecular flexibility index (Phi) is 1.60. The van der Waals surface area contributed by atoms with E-state index in [1.54, 1.807) is 0 Å². The van der Waals surface area contributed by atoms with Crippen LogP contribution in [0.4, 0.5) is 0 Å². The number of fused-ring (bicyclic) bond motifs is 1. The summed E-state index contributed by atoms with van der Waals surface area (Å²) in [6.45, 7) is 4.61. The van der Waals surface area contributed by atoms with Gasteiger partial charge in [-0.05, 0) is 24.8 Å². The quantitative estimate of drug-likeness (QED) is 0.627. The normalized spacial score (nSPS) is 42.8. The van der Waals surface area contributed by atoms with Crippen LogP contribution in [0.1, 0.15) is 0 Å². The van der Waals surface area contributed by atoms with Gasteiger partial charge in [0.15, 0.2) is 0 Å². The van der Waals surface area contributed by atoms with E-state index in [1.165, 1.54) is 13.1 Å². The van der Waals surface area contributed by atoms with Crippen LogP contribution in [-0.2, 0) is 0 Å². The van der Waals surface area contributed by atoms with E-state index in [2.05, 4.69) is 22.5 Å². The number of nitrogens with zero attached hydrogens (tertiary/aromatic N) is 3. The summed E-state index contributed by atoms with van der Waals surface area (Å²) in [6, 6.07) is 0. The molecule has 3 rings (SSSR count). The fourth-order valence-corrected chi connectivity index (χ4v) is 2.77. The molecular formula is C9H16N4. The molecule has 3 aliphatic rings. The van der Waals surface area contributed by atoms with Crippen molar-refractivity contribution in [3.8, 4) is 0 Å². The van der Waals surface area contributed by atoms with Gasteiger partial charge in [-0.3, -0.25) is 0 Å². The van der Waals surface area contributed by atoms with Gasteiger partial charge in [-0.15, -0.1) is 0 Å². The maximum absolute atomic E-state index is 4.25. The monoisotopic (exact) mass is 180 g/mol. The van der Waals surface area contributed by atoms with Crippen molar-refractivity contribution in [3.63, 3.8) is 0 Å². The number of hydrogen-bond donors (Lipinski definition) is 1. The summed E-state index contributed by atoms with van der Waals surface area (Å²) < 4.78 is 0. The first-order valence-electron chi connectivity index (χ1n) is 5.06. The fraction of sp³-hybridized carbons (Fsp3) is 0.889. The third kappa shape index (κ3) is 1.25. The van der Waals surface area contributed by atoms with Gasteiger partial charge in [0.05, 0.1) is 13.1 Å². The lowest BCUT2D eigenvalue weighted by Gasteiger charge is -2.17. The summed E-state index contributed by atoms with van der Waals surface area (Å²) >= 11 is 0. The average Bonchev–Trinajstić information content (AvgIpc) is 2.60. The summed E-state index contributed by atoms with van der Waals surface area (Å²) in [5.41, 5.74) is 3.23. The van der Waals surface area contributed by atoms with Crippen molar-refractivity contribution in [3.05, 3.63) is 0 Å². The van der Waals surface area contributed by atoms with Gasteiger partial charge < -0.3 is 4.90 Å². The molecule has 0 radical (unpaired) electrons. The molecule has 13 heavy (non-hydrogen) atoms. The van der Waals surface area contributed by atoms with E-state index in [4.69, 9.17) is 0 Å². The maximum Gasteiger partial charge on any atom is 0.0567 e. The Morgan fingerprint density at radius 1 is 1.46 bits per heavy atom. The van der Waals surface area contributed by atoms with E-state index >= 15 is 0 Å². The van der Waals surface area contributed by atoms with Crippen molar-refractivity contribution in [1.82, 2.24) is 15.4 Å². The number of hydrazine groups is 1. The van der Waals surface area contributed by atoms with E-state index in [-0.39, 0.29) is 0 Å². The van der Waals surface area contributed by atoms with Gasteiger partial charge >= 0.3 is 0 Å². The third-order valence-corrected chi connectivity index (χ3v) is 3.52. The van der Waals surface area contributed by atoms with Gasteiger partial charge in [-0.25, -0.2) is 10.5 Å². The molecule has 72 valence electrons. The molecule has 0 aromatic carbocycles. The van der Waals surface area contributed by atoms with E-state index < -0.39 is 0 Å². The molecule has 4 nitrogen and oxygen atoms in total. The number of hydrazone groups is 1. The van der Waals surface area contributed by atoms with Gasteiger partial charge in [0.2, 0.25) is 0 Å². The van der Waals surface area contributed by atoms with Gasteiger partial charge in [-0.2, -0.15) is 5.10 Å². The highest BCUT2D eigenvalue weighted by atomic mass is 15.7. The number of hydrogen-bond acceptors (Lipinski definition) is 4. The standard InChI is InChI=1S/C9H16N4/c1-12-4-7-8(5-12)9(7)6-13-10-2-3-11-13/h2,7-9,11H,3-6H2,1H3/t7-,8+,9?. The summed E-state index contributed by atoms with van der Waals surface area (Å²) in [4.78, 5) is 2.44. The highest BCUT2D eigenvalue weighted by Gasteiger charge is 2.55. The molecule has 0 bridgehead atoms. The van der Waals surface area contributed by atoms with Crippen molar-refractivity contribution in [2.24, 2.45) is 22.9 Å². The lowest BCUT2D eigenvalue weighted by molar-refractivity contribution is 0.201. The zero-order valence-corrected chi connectivity index (χ0v) is 7.98. The molecule has 0 aromatic rings. The van der Waals surface area contributed by atoms with Crippen LogP contribution in [0.2, 0.25) is 0 Å². The van der Waals surface area contributed by atoms with E-state index in [0.717, 1.165) is 30.8 Å². The topological polar surface area (TPSA) is 30.9 Å². The molecule has 1 N–H and O–H groups in total. The molecule has 2 aliphatic heterocycles. The Morgan fingerprint density at radius 2 is 2.23 bits per heavy atom. The molecule has 0 amide bonds. The SMILES string of the molecule is CN1C[C@@H]2C(CN3N=CCN3)[C@@H]2C1. The Labute approximate surface area is 78.5 Å². The largest absolute Gasteiger partial charge is 0.306 e. The second kappa shape index (κ2) is 2.69. The molecular weight excluding hydrogens is 164 g/mol. The number of piperidine rings is 1. The van der Waals surface area contributed by atoms with E-state index in [1.807, 2.05) is 11.3 Å². The van der Waals surface area contributed by atoms with Crippen LogP contribution in [0.25, 0.3) is 0 Å². The molecule has 1 saturated heterocycles. The van der Waals surface area contributed by atoms with E-state index in [0.29, 0.717) is 0 Å². The summed E-state index contributed by atoms with van der Waals surface area (Å²) in [5, 5.41) is 6.25. The lowest BCUT2D eigenvalue weighted by Crippen LogP contribution is -2.32. The summed E-state index contributed by atoms with van der Waals surface area (Å²) in [5.74, 6) is 2.82. The predicted octanol–water partition coefficient (Wildman–Crippen LogP) is -0.400. The molecule has 0 spiro atoms. The van der Waals surface area contributed by atoms with Gasteiger partial charge in [-0.1, -0.05) is 0 Å². The fourth-order valence-electron chi connectivity index (χ4n) is 2.77. The van der Waals surface area contributed by atoms with Crippen LogP contribution in [-0.4, -0.2) is 49.5 Å². The van der Waals surface area contributed by atoms with Crippen LogP contribution in [0.3, 0.4) is 0 Å². The second-order valence-electron chi connectivity index (χ2n) is 4.46. The molecule has 0 aromatic heterocycles. The first-order valence-corrected chi connectivity index (χ1v) is 5.06. The molecule has 2 fully saturated rings. The first kappa shape index (κ1) is 7.76. The molecule has 1 unspecified atom stereocenters. The van der Waals surface area contributed by atoms with Crippen LogP contribution < -0.4 is 5.43 Å². The highest BCUT2D eigenvalue weighted by Crippen LogP contribution is 2.51. The lowest BCUT2D eigenvalue weighted by atomic mass is 10.3. The highest BCUT2D eigenvalue weighted by molar-refractivity contribution is 5.60. The molecule has 2 heterocycles. The smallest absolute Gasteiger partial charge is 0.0567 e. The van der Waals surface area contributed by atoms with E-state index in [9.17, 15) is 0 Å². The van der Waals surface area contributed by atoms with Gasteiger partial charge in [0.25, 0.3) is 0 Å². The maximum atomic E-state index is 4.25. The van der Waals surface area contributed by atoms with Gasteiger partial charge in [0.1, 0.15) is 0 Å². The number of nitrogens with one attached hydrogen (secondary N) is 1. The molecule has 1 saturated carbocycles. The van der Waals surface area contributed by atoms with Crippen LogP contribution in [0.5, 0.6) is 0 Å². The summed E-state index contributed by atoms with van der Waals surface area (Å²) in [6.07, 6.45) is 1.93. The van der Waals surface area contributed by atoms with Crippen LogP contribution in [0, 0.1) is 17.8 Å². The van der Waals surface area contributed by atoms with Crippen molar-refractivity contribution >= 4 is 6.21 Å². The first-order chi connectivity index (χ1) is 6.34. The predicted molar refractivity (Wildman–Crippen MR) is 51.2 cm³/mol. The zero-order chi connectivity index (χ0) is 8.84. The van der Waals surface area contributed by atoms with Crippen LogP contribution >= 0.6 is 0 Å². The van der Waals surface area contributed by atoms with Gasteiger partial charge in [0, 0.05) is 19.3 Å². The Hall–Kier alpha value is -0.610. The molecule has 4 heteroatoms. The van der Waals surface area contributed by atoms with Crippen molar-refractivity contribution in [1.29, 1.82) is 0 Å². The minimum Gasteiger partial charge on any atom is -0.306 e. The Morgan fingerprint density at radius 3 is 2.85 bits per heavy atom. The molecule has 3 atom stereocenters. The minimum atomic E-state index is 0.902. The Bertz CT molecular complexity index is 228. The Balaban J connectivity index is 1.52. The number of rotatable bonds is 2. The van der Waals surface area contributed by atoms with Crippen molar-refractivity contribution < 1.29 is 0 Å². The van der Waals surface area contributed by atoms with Crippen LogP contribution in [0.15, 0.2) is 5.10 Å². The van der Waals surface area contributed by atoms with Crippen molar-refractivity contribution in [2.45, 2.75) is 0 Å². The number of likely N-dealkylation sites (tertiary alicyclic amines) is 1. The zero-order valence-electron chi connectivity index (χ0n) is 7.98. The van der Waals surface area contributed by atoms with Crippen molar-refractivity contribution in [2.75, 3.05) is 33.2 Å². The summed E-state index contributed by atoms with van der Waals surface area (Å²) in [7, 11) is 2.22. The minimum absolute atomic E-state index is 0.902. The third-order valence-electron chi connectivity index (χ3n) is 3.52. The molecule has 1 aliphatic carbocycles. The average molecular weight is 180 g/mol.